The third-order valence-electron chi connectivity index (χ3n) is 14.6. The third kappa shape index (κ3) is 15.6. The number of hydrogen-bond donors (Lipinski definition) is 5. The minimum atomic E-state index is -0.884. The first-order valence-corrected chi connectivity index (χ1v) is 26.8. The molecule has 0 aliphatic carbocycles. The van der Waals surface area contributed by atoms with Crippen LogP contribution in [0, 0.1) is 29.1 Å². The number of methoxy groups -OCH3 is 3. The molecule has 4 aliphatic heterocycles. The highest BCUT2D eigenvalue weighted by molar-refractivity contribution is 5.87. The molecule has 0 bridgehead atoms. The number of likely N-dealkylation sites (tertiary alicyclic amines) is 2. The zero-order valence-corrected chi connectivity index (χ0v) is 46.1. The van der Waals surface area contributed by atoms with Gasteiger partial charge in [-0.2, -0.15) is 0 Å². The van der Waals surface area contributed by atoms with E-state index in [2.05, 4.69) is 40.5 Å². The Labute approximate surface area is 462 Å². The van der Waals surface area contributed by atoms with Gasteiger partial charge in [-0.05, 0) is 125 Å². The lowest BCUT2D eigenvalue weighted by Gasteiger charge is -2.35. The number of H-pyrrole nitrogens is 2. The fraction of sp³-hybridized carbons (Fsp3) is 0.474. The largest absolute Gasteiger partial charge is 0.453 e. The summed E-state index contributed by atoms with van der Waals surface area (Å²) in [6.07, 6.45) is 8.14. The summed E-state index contributed by atoms with van der Waals surface area (Å²) in [5.41, 5.74) is 8.88. The maximum Gasteiger partial charge on any atom is 0.407 e. The number of piperidine rings is 1. The number of benzene rings is 4. The van der Waals surface area contributed by atoms with Gasteiger partial charge in [-0.3, -0.25) is 9.59 Å². The van der Waals surface area contributed by atoms with E-state index in [1.807, 2.05) is 16.7 Å². The molecule has 80 heavy (non-hydrogen) atoms. The Bertz CT molecular complexity index is 2960. The molecule has 6 aromatic rings. The molecule has 0 saturated carbocycles. The summed E-state index contributed by atoms with van der Waals surface area (Å²) < 4.78 is 86.1. The number of aromatic nitrogens is 4. The number of alkyl carbamates (subject to hydrolysis) is 1. The van der Waals surface area contributed by atoms with Crippen LogP contribution >= 0.6 is 0 Å². The van der Waals surface area contributed by atoms with Gasteiger partial charge in [-0.25, -0.2) is 41.5 Å². The van der Waals surface area contributed by atoms with Gasteiger partial charge in [0.05, 0.1) is 60.8 Å². The number of carbonyl (C=O) groups excluding carboxylic acids is 4. The monoisotopic (exact) mass is 1120 g/mol. The number of aliphatic hydroxyl groups is 1. The Morgan fingerprint density at radius 2 is 1.39 bits per heavy atom. The van der Waals surface area contributed by atoms with Crippen LogP contribution in [0.5, 0.6) is 0 Å². The number of nitrogens with zero attached hydrogens (tertiary/aromatic N) is 6. The highest BCUT2D eigenvalue weighted by Gasteiger charge is 2.39. The number of imidazole rings is 2. The molecule has 0 spiro atoms. The molecule has 6 N–H and O–H groups in total. The molecule has 4 atom stereocenters. The number of nitrogens with two attached hydrogens (primary N) is 1. The molecule has 4 amide bonds. The van der Waals surface area contributed by atoms with E-state index in [4.69, 9.17) is 9.84 Å². The Balaban J connectivity index is 0.000000205. The molecule has 10 rings (SSSR count). The van der Waals surface area contributed by atoms with Gasteiger partial charge in [-0.15, -0.1) is 0 Å². The molecule has 6 heterocycles. The van der Waals surface area contributed by atoms with Gasteiger partial charge in [0.2, 0.25) is 11.8 Å². The molecule has 4 aromatic carbocycles. The van der Waals surface area contributed by atoms with Crippen LogP contribution < -0.4 is 20.9 Å². The first-order valence-electron chi connectivity index (χ1n) is 26.8. The van der Waals surface area contributed by atoms with Crippen LogP contribution in [-0.2, 0) is 23.8 Å². The van der Waals surface area contributed by atoms with Crippen LogP contribution in [0.1, 0.15) is 113 Å². The molecule has 4 fully saturated rings. The number of aromatic amines is 2. The smallest absolute Gasteiger partial charge is 0.407 e. The predicted octanol–water partition coefficient (Wildman–Crippen LogP) is 9.70. The topological polar surface area (TPSA) is 225 Å². The number of rotatable bonds is 11. The number of carbonyl (C=O) groups is 4. The molecule has 434 valence electrons. The number of hydrogen-bond acceptors (Lipinski definition) is 12. The van der Waals surface area contributed by atoms with Gasteiger partial charge in [0.1, 0.15) is 35.0 Å². The summed E-state index contributed by atoms with van der Waals surface area (Å²) in [4.78, 5) is 67.3. The summed E-state index contributed by atoms with van der Waals surface area (Å²) >= 11 is 0. The van der Waals surface area contributed by atoms with Gasteiger partial charge in [0, 0.05) is 77.2 Å². The summed E-state index contributed by atoms with van der Waals surface area (Å²) in [6, 6.07) is 15.2. The van der Waals surface area contributed by atoms with Crippen LogP contribution in [0.25, 0.3) is 22.1 Å². The molecule has 2 aromatic heterocycles. The molecule has 4 saturated heterocycles. The van der Waals surface area contributed by atoms with Crippen molar-refractivity contribution in [1.82, 2.24) is 35.1 Å². The van der Waals surface area contributed by atoms with Crippen molar-refractivity contribution < 1.29 is 60.4 Å². The molecular weight excluding hydrogens is 1050 g/mol. The maximum atomic E-state index is 15.4. The maximum absolute atomic E-state index is 15.4. The second-order valence-corrected chi connectivity index (χ2v) is 19.6. The highest BCUT2D eigenvalue weighted by Crippen LogP contribution is 2.41. The zero-order valence-electron chi connectivity index (χ0n) is 46.1. The molecule has 18 nitrogen and oxygen atoms in total. The number of anilines is 2. The van der Waals surface area contributed by atoms with Crippen molar-refractivity contribution in [3.63, 3.8) is 0 Å². The van der Waals surface area contributed by atoms with E-state index >= 15 is 8.78 Å². The number of fused-ring (bicyclic) bond motifs is 2. The Morgan fingerprint density at radius 3 is 2.01 bits per heavy atom. The molecule has 0 unspecified atom stereocenters. The van der Waals surface area contributed by atoms with E-state index in [0.717, 1.165) is 76.2 Å². The summed E-state index contributed by atoms with van der Waals surface area (Å²) in [6.45, 7) is 7.89. The first kappa shape index (κ1) is 61.7. The Hall–Kier alpha value is -7.53. The molecule has 4 aliphatic rings. The molecular formula is C57H73F5N10O8. The van der Waals surface area contributed by atoms with E-state index in [1.54, 1.807) is 41.0 Å². The van der Waals surface area contributed by atoms with Crippen LogP contribution in [0.3, 0.4) is 0 Å². The number of halogens is 5. The van der Waals surface area contributed by atoms with Gasteiger partial charge in [0.25, 0.3) is 0 Å². The van der Waals surface area contributed by atoms with Crippen molar-refractivity contribution in [1.29, 1.82) is 0 Å². The lowest BCUT2D eigenvalue weighted by atomic mass is 9.89. The summed E-state index contributed by atoms with van der Waals surface area (Å²) in [7, 11) is 4.93. The number of amides is 4. The van der Waals surface area contributed by atoms with Crippen molar-refractivity contribution in [2.75, 3.05) is 77.5 Å². The van der Waals surface area contributed by atoms with E-state index in [-0.39, 0.29) is 47.0 Å². The van der Waals surface area contributed by atoms with Crippen molar-refractivity contribution in [3.8, 4) is 0 Å². The van der Waals surface area contributed by atoms with Crippen LogP contribution in [0.4, 0.5) is 42.9 Å². The van der Waals surface area contributed by atoms with Crippen LogP contribution in [-0.4, -0.2) is 139 Å². The molecule has 23 heteroatoms. The fourth-order valence-electron chi connectivity index (χ4n) is 10.5. The van der Waals surface area contributed by atoms with Gasteiger partial charge >= 0.3 is 12.2 Å². The average Bonchev–Trinajstić information content (AvgIpc) is 4.34. The number of nitrogens with one attached hydrogen (secondary N) is 3. The standard InChI is InChI=1S/C28H26F4N4.C18H23FN4O4.C8H15NO.C2H5NO2.CH4O/c29-19-5-3-17(4-6-19)18-7-10-35(11-8-18)28-23(31)12-20(13-24(28)32)36-9-1-2-27(36)21-14-25-26(15-22(21)30)34-16-33-25;1-10(26-2)15(22-18(25)27-3)17(24)23-8-4-5-14(23)16-20-12-7-6-11(19)9-13(12)21-16;1-2-5-8(10)9-6-3-4-7-9;1-5-2(3)4;1-2/h3-6,12-16,18,27H,1-2,7-11H2,(H,33,34);6-7,9-10,14-15H,4-5,8H2,1-3H3,(H,20,21)(H,22,25);2-7H2,1H3;1H3,(H2,3,4);2H,1H3/t27-;10-,14+,15+;;;/m11.../s1. The minimum absolute atomic E-state index is 0.0166. The van der Waals surface area contributed by atoms with Gasteiger partial charge < -0.3 is 59.9 Å². The van der Waals surface area contributed by atoms with Crippen molar-refractivity contribution in [3.05, 3.63) is 119 Å². The second-order valence-electron chi connectivity index (χ2n) is 19.6. The van der Waals surface area contributed by atoms with Crippen molar-refractivity contribution in [2.24, 2.45) is 5.73 Å². The third-order valence-corrected chi connectivity index (χ3v) is 14.6. The van der Waals surface area contributed by atoms with Crippen LogP contribution in [0.15, 0.2) is 73.1 Å². The summed E-state index contributed by atoms with van der Waals surface area (Å²) in [5, 5.41) is 9.54. The zero-order chi connectivity index (χ0) is 58.0. The first-order chi connectivity index (χ1) is 38.5. The Morgan fingerprint density at radius 1 is 0.750 bits per heavy atom. The minimum Gasteiger partial charge on any atom is -0.453 e. The summed E-state index contributed by atoms with van der Waals surface area (Å²) in [5.74, 6) is -1.31. The van der Waals surface area contributed by atoms with E-state index < -0.39 is 36.0 Å². The number of aliphatic hydroxyl groups excluding tert-OH is 1. The normalized spacial score (nSPS) is 17.7. The van der Waals surface area contributed by atoms with E-state index in [1.165, 1.54) is 83.0 Å². The Kier molecular flexibility index (Phi) is 22.8. The van der Waals surface area contributed by atoms with Gasteiger partial charge in [-0.1, -0.05) is 19.1 Å². The SMILES string of the molecule is CCCC(=O)N1CCCC1.CO.COC(=O)N[C@H](C(=O)N1CCC[C@H]1c1nc2ccc(F)cc2[nH]1)[C@@H](C)OC.COC(N)=O.Fc1ccc(C2CCN(c3c(F)cc(N4CCC[C@@H]4c4cc5[nH]cnc5cc4F)cc3F)CC2)cc1. The van der Waals surface area contributed by atoms with Crippen molar-refractivity contribution in [2.45, 2.75) is 108 Å². The lowest BCUT2D eigenvalue weighted by molar-refractivity contribution is -0.137. The number of ether oxygens (including phenoxy) is 3. The quantitative estimate of drug-likeness (QED) is 0.0765. The molecule has 0 radical (unpaired) electrons. The predicted molar refractivity (Wildman–Crippen MR) is 293 cm³/mol. The van der Waals surface area contributed by atoms with E-state index in [9.17, 15) is 32.3 Å². The second kappa shape index (κ2) is 29.6. The number of primary amides is 1. The van der Waals surface area contributed by atoms with E-state index in [0.29, 0.717) is 72.1 Å². The lowest BCUT2D eigenvalue weighted by Crippen LogP contribution is -2.54. The van der Waals surface area contributed by atoms with Crippen LogP contribution in [0.2, 0.25) is 0 Å². The van der Waals surface area contributed by atoms with Gasteiger partial charge in [0.15, 0.2) is 11.6 Å². The van der Waals surface area contributed by atoms with Crippen molar-refractivity contribution >= 4 is 57.4 Å². The fourth-order valence-corrected chi connectivity index (χ4v) is 10.5. The highest BCUT2D eigenvalue weighted by atomic mass is 19.1. The average molecular weight is 1120 g/mol.